The number of benzene rings is 1. The molecule has 0 atom stereocenters. The van der Waals surface area contributed by atoms with Gasteiger partial charge in [0.1, 0.15) is 5.75 Å². The zero-order valence-electron chi connectivity index (χ0n) is 9.02. The Labute approximate surface area is 94.9 Å². The Balaban J connectivity index is 2.14. The molecule has 1 aliphatic heterocycles. The van der Waals surface area contributed by atoms with Crippen LogP contribution in [-0.4, -0.2) is 11.6 Å². The summed E-state index contributed by atoms with van der Waals surface area (Å²) in [6.07, 6.45) is 5.87. The highest BCUT2D eigenvalue weighted by atomic mass is 16.5. The average molecular weight is 211 g/mol. The van der Waals surface area contributed by atoms with Gasteiger partial charge in [-0.3, -0.25) is 4.98 Å². The van der Waals surface area contributed by atoms with Gasteiger partial charge in [-0.25, -0.2) is 0 Å². The number of para-hydroxylation sites is 1. The first-order valence-electron chi connectivity index (χ1n) is 5.60. The lowest BCUT2D eigenvalue weighted by Gasteiger charge is -2.20. The van der Waals surface area contributed by atoms with E-state index in [2.05, 4.69) is 23.2 Å². The summed E-state index contributed by atoms with van der Waals surface area (Å²) < 4.78 is 5.79. The molecule has 0 spiro atoms. The molecule has 0 aliphatic carbocycles. The molecule has 0 saturated carbocycles. The highest BCUT2D eigenvalue weighted by Gasteiger charge is 2.14. The average Bonchev–Trinajstić information content (AvgIpc) is 2.39. The van der Waals surface area contributed by atoms with Crippen molar-refractivity contribution in [2.45, 2.75) is 12.8 Å². The summed E-state index contributed by atoms with van der Waals surface area (Å²) in [4.78, 5) is 4.04. The molecule has 2 heteroatoms. The van der Waals surface area contributed by atoms with Crippen LogP contribution in [0.15, 0.2) is 42.7 Å². The van der Waals surface area contributed by atoms with Crippen molar-refractivity contribution in [2.75, 3.05) is 6.61 Å². The monoisotopic (exact) mass is 211 g/mol. The lowest BCUT2D eigenvalue weighted by Crippen LogP contribution is -2.09. The largest absolute Gasteiger partial charge is 0.493 e. The molecule has 1 aliphatic rings. The Morgan fingerprint density at radius 2 is 1.94 bits per heavy atom. The van der Waals surface area contributed by atoms with Gasteiger partial charge in [-0.15, -0.1) is 0 Å². The molecule has 2 aromatic rings. The molecular weight excluding hydrogens is 198 g/mol. The van der Waals surface area contributed by atoms with E-state index in [0.29, 0.717) is 0 Å². The molecule has 0 bridgehead atoms. The van der Waals surface area contributed by atoms with Crippen LogP contribution in [0.5, 0.6) is 5.75 Å². The normalized spacial score (nSPS) is 14.0. The quantitative estimate of drug-likeness (QED) is 0.723. The summed E-state index contributed by atoms with van der Waals surface area (Å²) in [7, 11) is 0. The standard InChI is InChI=1S/C14H13NO/c1-3-12-4-2-10-16-14(12)13(5-1)11-6-8-15-9-7-11/h1,3,5-9H,2,4,10H2. The van der Waals surface area contributed by atoms with E-state index < -0.39 is 0 Å². The Hall–Kier alpha value is -1.83. The third kappa shape index (κ3) is 1.56. The van der Waals surface area contributed by atoms with Gasteiger partial charge in [0.15, 0.2) is 0 Å². The maximum atomic E-state index is 5.79. The molecule has 0 radical (unpaired) electrons. The highest BCUT2D eigenvalue weighted by Crippen LogP contribution is 2.35. The minimum absolute atomic E-state index is 0.828. The third-order valence-corrected chi connectivity index (χ3v) is 2.92. The van der Waals surface area contributed by atoms with Gasteiger partial charge >= 0.3 is 0 Å². The van der Waals surface area contributed by atoms with Crippen LogP contribution in [0.4, 0.5) is 0 Å². The molecule has 1 aromatic carbocycles. The number of ether oxygens (including phenoxy) is 1. The first kappa shape index (κ1) is 9.40. The van der Waals surface area contributed by atoms with Gasteiger partial charge in [-0.2, -0.15) is 0 Å². The smallest absolute Gasteiger partial charge is 0.130 e. The van der Waals surface area contributed by atoms with Crippen molar-refractivity contribution in [3.05, 3.63) is 48.3 Å². The van der Waals surface area contributed by atoms with Gasteiger partial charge in [0.25, 0.3) is 0 Å². The molecule has 0 saturated heterocycles. The summed E-state index contributed by atoms with van der Waals surface area (Å²) in [6, 6.07) is 10.4. The van der Waals surface area contributed by atoms with E-state index in [-0.39, 0.29) is 0 Å². The Morgan fingerprint density at radius 3 is 2.81 bits per heavy atom. The van der Waals surface area contributed by atoms with Crippen molar-refractivity contribution in [3.8, 4) is 16.9 Å². The number of pyridine rings is 1. The first-order chi connectivity index (χ1) is 7.95. The summed E-state index contributed by atoms with van der Waals surface area (Å²) >= 11 is 0. The van der Waals surface area contributed by atoms with Crippen LogP contribution >= 0.6 is 0 Å². The Kier molecular flexibility index (Phi) is 2.33. The number of rotatable bonds is 1. The summed E-state index contributed by atoms with van der Waals surface area (Å²) in [5.74, 6) is 1.06. The van der Waals surface area contributed by atoms with Gasteiger partial charge in [-0.05, 0) is 36.1 Å². The van der Waals surface area contributed by atoms with E-state index in [1.165, 1.54) is 16.7 Å². The van der Waals surface area contributed by atoms with Crippen molar-refractivity contribution < 1.29 is 4.74 Å². The van der Waals surface area contributed by atoms with Crippen LogP contribution in [-0.2, 0) is 6.42 Å². The van der Waals surface area contributed by atoms with Gasteiger partial charge in [0, 0.05) is 18.0 Å². The van der Waals surface area contributed by atoms with E-state index >= 15 is 0 Å². The lowest BCUT2D eigenvalue weighted by atomic mass is 9.98. The fourth-order valence-electron chi connectivity index (χ4n) is 2.15. The molecule has 0 amide bonds. The van der Waals surface area contributed by atoms with E-state index in [1.54, 1.807) is 0 Å². The van der Waals surface area contributed by atoms with Crippen LogP contribution in [0.1, 0.15) is 12.0 Å². The molecule has 80 valence electrons. The van der Waals surface area contributed by atoms with E-state index in [9.17, 15) is 0 Å². The third-order valence-electron chi connectivity index (χ3n) is 2.92. The summed E-state index contributed by atoms with van der Waals surface area (Å²) in [5.41, 5.74) is 3.67. The number of hydrogen-bond acceptors (Lipinski definition) is 2. The summed E-state index contributed by atoms with van der Waals surface area (Å²) in [5, 5.41) is 0. The molecular formula is C14H13NO. The van der Waals surface area contributed by atoms with E-state index in [4.69, 9.17) is 4.74 Å². The van der Waals surface area contributed by atoms with Crippen molar-refractivity contribution in [1.29, 1.82) is 0 Å². The van der Waals surface area contributed by atoms with Crippen LogP contribution in [0.3, 0.4) is 0 Å². The number of aromatic nitrogens is 1. The molecule has 0 unspecified atom stereocenters. The van der Waals surface area contributed by atoms with Crippen molar-refractivity contribution in [2.24, 2.45) is 0 Å². The molecule has 3 rings (SSSR count). The fraction of sp³-hybridized carbons (Fsp3) is 0.214. The second kappa shape index (κ2) is 3.97. The zero-order chi connectivity index (χ0) is 10.8. The number of fused-ring (bicyclic) bond motifs is 1. The number of nitrogens with zero attached hydrogens (tertiary/aromatic N) is 1. The fourth-order valence-corrected chi connectivity index (χ4v) is 2.15. The second-order valence-electron chi connectivity index (χ2n) is 3.98. The minimum atomic E-state index is 0.828. The maximum absolute atomic E-state index is 5.79. The number of aryl methyl sites for hydroxylation is 1. The van der Waals surface area contributed by atoms with Gasteiger partial charge < -0.3 is 4.74 Å². The summed E-state index contributed by atoms with van der Waals surface area (Å²) in [6.45, 7) is 0.828. The van der Waals surface area contributed by atoms with Gasteiger partial charge in [0.05, 0.1) is 6.61 Å². The van der Waals surface area contributed by atoms with E-state index in [0.717, 1.165) is 25.2 Å². The molecule has 1 aromatic heterocycles. The molecule has 0 fully saturated rings. The Morgan fingerprint density at radius 1 is 1.06 bits per heavy atom. The Bertz CT molecular complexity index is 493. The number of hydrogen-bond donors (Lipinski definition) is 0. The lowest BCUT2D eigenvalue weighted by molar-refractivity contribution is 0.289. The van der Waals surface area contributed by atoms with Crippen LogP contribution in [0.25, 0.3) is 11.1 Å². The van der Waals surface area contributed by atoms with Gasteiger partial charge in [-0.1, -0.05) is 18.2 Å². The van der Waals surface area contributed by atoms with Gasteiger partial charge in [0.2, 0.25) is 0 Å². The molecule has 16 heavy (non-hydrogen) atoms. The molecule has 0 N–H and O–H groups in total. The predicted octanol–water partition coefficient (Wildman–Crippen LogP) is 3.07. The van der Waals surface area contributed by atoms with Crippen LogP contribution in [0, 0.1) is 0 Å². The van der Waals surface area contributed by atoms with Crippen LogP contribution < -0.4 is 4.74 Å². The van der Waals surface area contributed by atoms with Crippen LogP contribution in [0.2, 0.25) is 0 Å². The maximum Gasteiger partial charge on any atom is 0.130 e. The molecule has 2 nitrogen and oxygen atoms in total. The first-order valence-corrected chi connectivity index (χ1v) is 5.60. The zero-order valence-corrected chi connectivity index (χ0v) is 9.02. The van der Waals surface area contributed by atoms with Crippen molar-refractivity contribution in [1.82, 2.24) is 4.98 Å². The molecule has 2 heterocycles. The minimum Gasteiger partial charge on any atom is -0.493 e. The topological polar surface area (TPSA) is 22.1 Å². The van der Waals surface area contributed by atoms with Crippen molar-refractivity contribution in [3.63, 3.8) is 0 Å². The van der Waals surface area contributed by atoms with Crippen molar-refractivity contribution >= 4 is 0 Å². The highest BCUT2D eigenvalue weighted by molar-refractivity contribution is 5.72. The second-order valence-corrected chi connectivity index (χ2v) is 3.98. The van der Waals surface area contributed by atoms with E-state index in [1.807, 2.05) is 24.5 Å². The SMILES string of the molecule is c1cc2c(c(-c3ccncc3)c1)OCCC2. The predicted molar refractivity (Wildman–Crippen MR) is 63.5 cm³/mol.